The van der Waals surface area contributed by atoms with Gasteiger partial charge in [-0.3, -0.25) is 4.79 Å². The lowest BCUT2D eigenvalue weighted by Gasteiger charge is -2.21. The maximum Gasteiger partial charge on any atom is 0.419 e. The zero-order valence-electron chi connectivity index (χ0n) is 14.5. The minimum absolute atomic E-state index is 0.131. The molecule has 148 valence electrons. The zero-order chi connectivity index (χ0) is 20.9. The van der Waals surface area contributed by atoms with Crippen LogP contribution in [0.15, 0.2) is 36.8 Å². The van der Waals surface area contributed by atoms with E-state index in [2.05, 4.69) is 4.98 Å². The first kappa shape index (κ1) is 20.9. The van der Waals surface area contributed by atoms with Gasteiger partial charge in [-0.1, -0.05) is 0 Å². The highest BCUT2D eigenvalue weighted by Gasteiger charge is 2.41. The van der Waals surface area contributed by atoms with Crippen LogP contribution in [-0.2, 0) is 27.0 Å². The van der Waals surface area contributed by atoms with E-state index in [1.54, 1.807) is 29.1 Å². The Hall–Kier alpha value is -3.39. The molecule has 2 N–H and O–H groups in total. The summed E-state index contributed by atoms with van der Waals surface area (Å²) in [5.74, 6) is -2.58. The van der Waals surface area contributed by atoms with Crippen molar-refractivity contribution in [2.45, 2.75) is 25.2 Å². The summed E-state index contributed by atoms with van der Waals surface area (Å²) in [5.41, 5.74) is -5.33. The van der Waals surface area contributed by atoms with E-state index in [0.717, 1.165) is 13.1 Å². The first-order valence-corrected chi connectivity index (χ1v) is 7.85. The number of aromatic nitrogens is 2. The van der Waals surface area contributed by atoms with E-state index < -0.39 is 40.6 Å². The number of nitrogens with one attached hydrogen (secondary N) is 1. The predicted molar refractivity (Wildman–Crippen MR) is 88.6 cm³/mol. The van der Waals surface area contributed by atoms with Gasteiger partial charge in [0.15, 0.2) is 5.69 Å². The SMILES string of the molecule is CC(O)(C(=O)Nc1cnc(C#N)c(C(F)(F)F)c1)C(=O)OCCn1cccc1. The van der Waals surface area contributed by atoms with E-state index in [1.165, 1.54) is 6.07 Å². The zero-order valence-corrected chi connectivity index (χ0v) is 14.5. The highest BCUT2D eigenvalue weighted by Crippen LogP contribution is 2.32. The Bertz CT molecular complexity index is 902. The van der Waals surface area contributed by atoms with Crippen molar-refractivity contribution in [1.29, 1.82) is 5.26 Å². The highest BCUT2D eigenvalue weighted by atomic mass is 19.4. The Morgan fingerprint density at radius 3 is 2.57 bits per heavy atom. The summed E-state index contributed by atoms with van der Waals surface area (Å²) in [4.78, 5) is 27.4. The average molecular weight is 396 g/mol. The van der Waals surface area contributed by atoms with Crippen LogP contribution in [0.4, 0.5) is 18.9 Å². The molecule has 0 saturated carbocycles. The molecular weight excluding hydrogens is 381 g/mol. The van der Waals surface area contributed by atoms with Crippen LogP contribution in [0.25, 0.3) is 0 Å². The first-order valence-electron chi connectivity index (χ1n) is 7.85. The van der Waals surface area contributed by atoms with Gasteiger partial charge in [-0.15, -0.1) is 0 Å². The largest absolute Gasteiger partial charge is 0.461 e. The van der Waals surface area contributed by atoms with Crippen molar-refractivity contribution in [3.05, 3.63) is 48.0 Å². The Morgan fingerprint density at radius 2 is 2.00 bits per heavy atom. The van der Waals surface area contributed by atoms with Gasteiger partial charge < -0.3 is 19.7 Å². The van der Waals surface area contributed by atoms with Crippen molar-refractivity contribution >= 4 is 17.6 Å². The molecule has 0 saturated heterocycles. The second kappa shape index (κ2) is 8.10. The molecular formula is C17H15F3N4O4. The number of halogens is 3. The molecule has 28 heavy (non-hydrogen) atoms. The summed E-state index contributed by atoms with van der Waals surface area (Å²) < 4.78 is 45.4. The number of hydrogen-bond donors (Lipinski definition) is 2. The molecule has 8 nitrogen and oxygen atoms in total. The molecule has 0 aliphatic rings. The second-order valence-electron chi connectivity index (χ2n) is 5.81. The lowest BCUT2D eigenvalue weighted by atomic mass is 10.1. The van der Waals surface area contributed by atoms with Gasteiger partial charge in [-0.25, -0.2) is 9.78 Å². The monoisotopic (exact) mass is 396 g/mol. The lowest BCUT2D eigenvalue weighted by Crippen LogP contribution is -2.48. The number of amides is 1. The molecule has 0 spiro atoms. The van der Waals surface area contributed by atoms with Crippen molar-refractivity contribution < 1.29 is 32.6 Å². The van der Waals surface area contributed by atoms with Crippen LogP contribution < -0.4 is 5.32 Å². The molecule has 0 aromatic carbocycles. The minimum atomic E-state index is -4.88. The van der Waals surface area contributed by atoms with Crippen molar-refractivity contribution in [3.63, 3.8) is 0 Å². The molecule has 0 aliphatic heterocycles. The third kappa shape index (κ3) is 4.86. The van der Waals surface area contributed by atoms with E-state index in [-0.39, 0.29) is 13.2 Å². The van der Waals surface area contributed by atoms with Crippen molar-refractivity contribution in [2.75, 3.05) is 11.9 Å². The summed E-state index contributed by atoms with van der Waals surface area (Å²) in [6.07, 6.45) is -0.637. The predicted octanol–water partition coefficient (Wildman–Crippen LogP) is 1.71. The maximum atomic E-state index is 12.9. The number of nitrogens with zero attached hydrogens (tertiary/aromatic N) is 3. The van der Waals surface area contributed by atoms with Gasteiger partial charge in [0.05, 0.1) is 24.0 Å². The maximum absolute atomic E-state index is 12.9. The van der Waals surface area contributed by atoms with Crippen LogP contribution in [0.1, 0.15) is 18.2 Å². The fourth-order valence-corrected chi connectivity index (χ4v) is 2.09. The summed E-state index contributed by atoms with van der Waals surface area (Å²) in [6, 6.07) is 5.29. The number of anilines is 1. The summed E-state index contributed by atoms with van der Waals surface area (Å²) in [7, 11) is 0. The number of rotatable bonds is 6. The molecule has 11 heteroatoms. The van der Waals surface area contributed by atoms with Gasteiger partial charge in [-0.2, -0.15) is 18.4 Å². The van der Waals surface area contributed by atoms with Gasteiger partial charge in [0, 0.05) is 12.4 Å². The Labute approximate surface area is 157 Å². The van der Waals surface area contributed by atoms with E-state index in [1.807, 2.05) is 5.32 Å². The van der Waals surface area contributed by atoms with Crippen molar-refractivity contribution in [1.82, 2.24) is 9.55 Å². The van der Waals surface area contributed by atoms with Crippen molar-refractivity contribution in [3.8, 4) is 6.07 Å². The quantitative estimate of drug-likeness (QED) is 0.567. The Morgan fingerprint density at radius 1 is 1.36 bits per heavy atom. The van der Waals surface area contributed by atoms with Gasteiger partial charge in [-0.05, 0) is 25.1 Å². The highest BCUT2D eigenvalue weighted by molar-refractivity contribution is 6.11. The minimum Gasteiger partial charge on any atom is -0.461 e. The topological polar surface area (TPSA) is 117 Å². The number of carbonyl (C=O) groups excluding carboxylic acids is 2. The fraction of sp³-hybridized carbons (Fsp3) is 0.294. The third-order valence-corrected chi connectivity index (χ3v) is 3.65. The molecule has 2 aromatic heterocycles. The van der Waals surface area contributed by atoms with Crippen LogP contribution in [-0.4, -0.2) is 38.7 Å². The standard InChI is InChI=1S/C17H15F3N4O4/c1-16(27,15(26)28-7-6-24-4-2-3-5-24)14(25)23-11-8-12(17(18,19)20)13(9-21)22-10-11/h2-5,8,10,27H,6-7H2,1H3,(H,23,25). The average Bonchev–Trinajstić information content (AvgIpc) is 3.14. The lowest BCUT2D eigenvalue weighted by molar-refractivity contribution is -0.167. The summed E-state index contributed by atoms with van der Waals surface area (Å²) >= 11 is 0. The molecule has 1 amide bonds. The molecule has 2 aromatic rings. The van der Waals surface area contributed by atoms with Crippen LogP contribution in [0.3, 0.4) is 0 Å². The molecule has 0 fully saturated rings. The number of pyridine rings is 1. The first-order chi connectivity index (χ1) is 13.1. The van der Waals surface area contributed by atoms with E-state index in [9.17, 15) is 27.9 Å². The molecule has 0 aliphatic carbocycles. The van der Waals surface area contributed by atoms with E-state index >= 15 is 0 Å². The summed E-state index contributed by atoms with van der Waals surface area (Å²) in [5, 5.41) is 20.8. The van der Waals surface area contributed by atoms with Gasteiger partial charge in [0.1, 0.15) is 12.7 Å². The molecule has 0 bridgehead atoms. The van der Waals surface area contributed by atoms with Crippen LogP contribution in [0, 0.1) is 11.3 Å². The van der Waals surface area contributed by atoms with E-state index in [0.29, 0.717) is 6.07 Å². The van der Waals surface area contributed by atoms with Crippen LogP contribution >= 0.6 is 0 Å². The number of alkyl halides is 3. The molecule has 0 radical (unpaired) electrons. The van der Waals surface area contributed by atoms with Crippen LogP contribution in [0.2, 0.25) is 0 Å². The number of aliphatic hydroxyl groups is 1. The molecule has 2 rings (SSSR count). The summed E-state index contributed by atoms with van der Waals surface area (Å²) in [6.45, 7) is 1.00. The van der Waals surface area contributed by atoms with E-state index in [4.69, 9.17) is 10.00 Å². The van der Waals surface area contributed by atoms with Crippen LogP contribution in [0.5, 0.6) is 0 Å². The number of hydrogen-bond acceptors (Lipinski definition) is 6. The Kier molecular flexibility index (Phi) is 6.05. The third-order valence-electron chi connectivity index (χ3n) is 3.65. The van der Waals surface area contributed by atoms with Gasteiger partial charge in [0.2, 0.25) is 5.60 Å². The smallest absolute Gasteiger partial charge is 0.419 e. The van der Waals surface area contributed by atoms with Crippen molar-refractivity contribution in [2.24, 2.45) is 0 Å². The Balaban J connectivity index is 2.05. The van der Waals surface area contributed by atoms with Gasteiger partial charge >= 0.3 is 12.1 Å². The normalized spacial score (nSPS) is 13.3. The number of esters is 1. The molecule has 2 heterocycles. The molecule has 1 atom stereocenters. The number of nitriles is 1. The fourth-order valence-electron chi connectivity index (χ4n) is 2.09. The number of carbonyl (C=O) groups is 2. The number of ether oxygens (including phenoxy) is 1. The van der Waals surface area contributed by atoms with Gasteiger partial charge in [0.25, 0.3) is 5.91 Å². The second-order valence-corrected chi connectivity index (χ2v) is 5.81. The molecule has 1 unspecified atom stereocenters.